The summed E-state index contributed by atoms with van der Waals surface area (Å²) in [5.41, 5.74) is 1.23. The van der Waals surface area contributed by atoms with Gasteiger partial charge in [0, 0.05) is 0 Å². The first-order valence-electron chi connectivity index (χ1n) is 4.69. The molecule has 1 nitrogen and oxygen atoms in total. The number of hydrogen-bond donors (Lipinski definition) is 0. The molecule has 0 saturated carbocycles. The molecule has 0 aromatic heterocycles. The Morgan fingerprint density at radius 1 is 1.38 bits per heavy atom. The first kappa shape index (κ1) is 9.85. The molecule has 1 rings (SSSR count). The fourth-order valence-corrected chi connectivity index (χ4v) is 1.36. The van der Waals surface area contributed by atoms with Gasteiger partial charge in [0.25, 0.3) is 0 Å². The number of ether oxygens (including phenoxy) is 1. The Balaban J connectivity index is 2.69. The lowest BCUT2D eigenvalue weighted by molar-refractivity contribution is 0.137. The van der Waals surface area contributed by atoms with Crippen LogP contribution >= 0.6 is 0 Å². The summed E-state index contributed by atoms with van der Waals surface area (Å²) < 4.78 is 5.43. The third-order valence-electron chi connectivity index (χ3n) is 1.98. The Kier molecular flexibility index (Phi) is 4.10. The SMILES string of the molecule is C=COC(CCC)c1ccccc1. The largest absolute Gasteiger partial charge is 0.494 e. The monoisotopic (exact) mass is 176 g/mol. The van der Waals surface area contributed by atoms with Crippen LogP contribution in [-0.2, 0) is 4.74 Å². The van der Waals surface area contributed by atoms with Gasteiger partial charge < -0.3 is 4.74 Å². The van der Waals surface area contributed by atoms with E-state index >= 15 is 0 Å². The zero-order valence-corrected chi connectivity index (χ0v) is 8.07. The summed E-state index contributed by atoms with van der Waals surface area (Å²) in [5, 5.41) is 0. The van der Waals surface area contributed by atoms with E-state index in [-0.39, 0.29) is 6.10 Å². The maximum Gasteiger partial charge on any atom is 0.123 e. The summed E-state index contributed by atoms with van der Waals surface area (Å²) >= 11 is 0. The van der Waals surface area contributed by atoms with Crippen LogP contribution in [0.2, 0.25) is 0 Å². The first-order chi connectivity index (χ1) is 6.38. The van der Waals surface area contributed by atoms with Crippen molar-refractivity contribution in [3.63, 3.8) is 0 Å². The molecule has 0 aliphatic carbocycles. The molecule has 0 N–H and O–H groups in total. The van der Waals surface area contributed by atoms with Crippen molar-refractivity contribution in [3.8, 4) is 0 Å². The van der Waals surface area contributed by atoms with Crippen LogP contribution in [0.25, 0.3) is 0 Å². The third kappa shape index (κ3) is 2.94. The van der Waals surface area contributed by atoms with E-state index in [1.807, 2.05) is 18.2 Å². The van der Waals surface area contributed by atoms with Gasteiger partial charge in [0.2, 0.25) is 0 Å². The van der Waals surface area contributed by atoms with Gasteiger partial charge in [0.05, 0.1) is 6.26 Å². The van der Waals surface area contributed by atoms with Gasteiger partial charge in [0.1, 0.15) is 6.10 Å². The summed E-state index contributed by atoms with van der Waals surface area (Å²) in [6.45, 7) is 5.74. The minimum atomic E-state index is 0.170. The van der Waals surface area contributed by atoms with Gasteiger partial charge in [-0.25, -0.2) is 0 Å². The van der Waals surface area contributed by atoms with E-state index in [1.54, 1.807) is 0 Å². The molecule has 0 saturated heterocycles. The van der Waals surface area contributed by atoms with Crippen molar-refractivity contribution in [2.45, 2.75) is 25.9 Å². The highest BCUT2D eigenvalue weighted by atomic mass is 16.5. The minimum Gasteiger partial charge on any atom is -0.494 e. The van der Waals surface area contributed by atoms with Crippen LogP contribution in [0.4, 0.5) is 0 Å². The molecule has 0 spiro atoms. The fraction of sp³-hybridized carbons (Fsp3) is 0.333. The summed E-state index contributed by atoms with van der Waals surface area (Å²) in [5.74, 6) is 0. The second-order valence-corrected chi connectivity index (χ2v) is 2.99. The molecule has 70 valence electrons. The lowest BCUT2D eigenvalue weighted by atomic mass is 10.1. The molecule has 1 aromatic rings. The molecule has 1 heteroatoms. The van der Waals surface area contributed by atoms with Gasteiger partial charge in [-0.2, -0.15) is 0 Å². The molecule has 13 heavy (non-hydrogen) atoms. The zero-order chi connectivity index (χ0) is 9.52. The summed E-state index contributed by atoms with van der Waals surface area (Å²) in [4.78, 5) is 0. The number of hydrogen-bond acceptors (Lipinski definition) is 1. The highest BCUT2D eigenvalue weighted by Crippen LogP contribution is 2.22. The van der Waals surface area contributed by atoms with Crippen molar-refractivity contribution in [1.82, 2.24) is 0 Å². The van der Waals surface area contributed by atoms with Gasteiger partial charge in [-0.3, -0.25) is 0 Å². The van der Waals surface area contributed by atoms with Gasteiger partial charge in [-0.15, -0.1) is 0 Å². The quantitative estimate of drug-likeness (QED) is 0.622. The molecule has 0 fully saturated rings. The fourth-order valence-electron chi connectivity index (χ4n) is 1.36. The van der Waals surface area contributed by atoms with Crippen LogP contribution in [-0.4, -0.2) is 0 Å². The standard InChI is InChI=1S/C12H16O/c1-3-8-12(13-4-2)11-9-6-5-7-10-11/h4-7,9-10,12H,2-3,8H2,1H3. The Labute approximate surface area is 80.0 Å². The molecular weight excluding hydrogens is 160 g/mol. The van der Waals surface area contributed by atoms with Crippen LogP contribution in [0.15, 0.2) is 43.2 Å². The van der Waals surface area contributed by atoms with E-state index in [2.05, 4.69) is 25.6 Å². The van der Waals surface area contributed by atoms with Crippen LogP contribution in [0, 0.1) is 0 Å². The van der Waals surface area contributed by atoms with Crippen LogP contribution in [0.5, 0.6) is 0 Å². The minimum absolute atomic E-state index is 0.170. The molecule has 0 aliphatic heterocycles. The van der Waals surface area contributed by atoms with E-state index in [4.69, 9.17) is 4.74 Å². The molecule has 1 atom stereocenters. The Bertz CT molecular complexity index is 241. The third-order valence-corrected chi connectivity index (χ3v) is 1.98. The number of benzene rings is 1. The first-order valence-corrected chi connectivity index (χ1v) is 4.69. The van der Waals surface area contributed by atoms with Gasteiger partial charge in [0.15, 0.2) is 0 Å². The molecule has 1 unspecified atom stereocenters. The zero-order valence-electron chi connectivity index (χ0n) is 8.07. The molecule has 0 amide bonds. The van der Waals surface area contributed by atoms with E-state index < -0.39 is 0 Å². The highest BCUT2D eigenvalue weighted by molar-refractivity contribution is 5.17. The second kappa shape index (κ2) is 5.41. The van der Waals surface area contributed by atoms with Crippen LogP contribution < -0.4 is 0 Å². The topological polar surface area (TPSA) is 9.23 Å². The summed E-state index contributed by atoms with van der Waals surface area (Å²) in [6.07, 6.45) is 3.85. The van der Waals surface area contributed by atoms with E-state index in [0.717, 1.165) is 12.8 Å². The lowest BCUT2D eigenvalue weighted by Crippen LogP contribution is -1.99. The van der Waals surface area contributed by atoms with Crippen molar-refractivity contribution in [3.05, 3.63) is 48.7 Å². The lowest BCUT2D eigenvalue weighted by Gasteiger charge is -2.15. The van der Waals surface area contributed by atoms with Crippen molar-refractivity contribution in [1.29, 1.82) is 0 Å². The Morgan fingerprint density at radius 2 is 2.08 bits per heavy atom. The average Bonchev–Trinajstić information content (AvgIpc) is 2.19. The van der Waals surface area contributed by atoms with E-state index in [9.17, 15) is 0 Å². The normalized spacial score (nSPS) is 12.1. The van der Waals surface area contributed by atoms with Crippen LogP contribution in [0.3, 0.4) is 0 Å². The molecular formula is C12H16O. The Morgan fingerprint density at radius 3 is 2.62 bits per heavy atom. The second-order valence-electron chi connectivity index (χ2n) is 2.99. The molecule has 0 bridgehead atoms. The Hall–Kier alpha value is -1.24. The average molecular weight is 176 g/mol. The van der Waals surface area contributed by atoms with Gasteiger partial charge in [-0.1, -0.05) is 50.3 Å². The van der Waals surface area contributed by atoms with Crippen molar-refractivity contribution in [2.75, 3.05) is 0 Å². The maximum absolute atomic E-state index is 5.43. The van der Waals surface area contributed by atoms with Crippen molar-refractivity contribution < 1.29 is 4.74 Å². The number of rotatable bonds is 5. The maximum atomic E-state index is 5.43. The predicted octanol–water partition coefficient (Wildman–Crippen LogP) is 3.69. The van der Waals surface area contributed by atoms with Gasteiger partial charge in [-0.05, 0) is 12.0 Å². The van der Waals surface area contributed by atoms with Crippen LogP contribution in [0.1, 0.15) is 31.4 Å². The molecule has 0 heterocycles. The summed E-state index contributed by atoms with van der Waals surface area (Å²) in [6, 6.07) is 10.3. The van der Waals surface area contributed by atoms with E-state index in [1.165, 1.54) is 11.8 Å². The van der Waals surface area contributed by atoms with E-state index in [0.29, 0.717) is 0 Å². The molecule has 0 radical (unpaired) electrons. The van der Waals surface area contributed by atoms with Crippen molar-refractivity contribution >= 4 is 0 Å². The van der Waals surface area contributed by atoms with Gasteiger partial charge >= 0.3 is 0 Å². The molecule has 0 aliphatic rings. The molecule has 1 aromatic carbocycles. The predicted molar refractivity (Wildman–Crippen MR) is 55.4 cm³/mol. The van der Waals surface area contributed by atoms with Crippen molar-refractivity contribution in [2.24, 2.45) is 0 Å². The smallest absolute Gasteiger partial charge is 0.123 e. The summed E-state index contributed by atoms with van der Waals surface area (Å²) in [7, 11) is 0. The highest BCUT2D eigenvalue weighted by Gasteiger charge is 2.08.